The summed E-state index contributed by atoms with van der Waals surface area (Å²) in [6.45, 7) is 12.0. The number of aromatic nitrogens is 3. The van der Waals surface area contributed by atoms with Gasteiger partial charge in [0, 0.05) is 49.3 Å². The van der Waals surface area contributed by atoms with Gasteiger partial charge in [0.1, 0.15) is 35.5 Å². The molecule has 0 spiro atoms. The highest BCUT2D eigenvalue weighted by Gasteiger charge is 2.30. The van der Waals surface area contributed by atoms with Crippen LogP contribution in [-0.4, -0.2) is 68.0 Å². The van der Waals surface area contributed by atoms with Gasteiger partial charge < -0.3 is 19.7 Å². The van der Waals surface area contributed by atoms with Gasteiger partial charge in [-0.05, 0) is 102 Å². The molecule has 1 aliphatic rings. The lowest BCUT2D eigenvalue weighted by Gasteiger charge is -2.33. The highest BCUT2D eigenvalue weighted by atomic mass is 32.2. The van der Waals surface area contributed by atoms with Crippen molar-refractivity contribution in [1.82, 2.24) is 19.7 Å². The van der Waals surface area contributed by atoms with Crippen molar-refractivity contribution in [3.63, 3.8) is 0 Å². The van der Waals surface area contributed by atoms with Crippen LogP contribution in [0.15, 0.2) is 65.8 Å². The molecule has 2 aromatic carbocycles. The molecule has 14 heteroatoms. The molecule has 268 valence electrons. The smallest absolute Gasteiger partial charge is 0.410 e. The van der Waals surface area contributed by atoms with E-state index in [0.29, 0.717) is 43.0 Å². The van der Waals surface area contributed by atoms with Crippen LogP contribution in [0.4, 0.5) is 29.5 Å². The fraction of sp³-hybridized carbons (Fsp3) is 0.417. The number of benzene rings is 2. The molecule has 1 amide bonds. The number of carbonyl (C=O) groups excluding carboxylic acids is 1. The Balaban J connectivity index is 1.56. The molecule has 50 heavy (non-hydrogen) atoms. The molecule has 1 aliphatic heterocycles. The third-order valence-electron chi connectivity index (χ3n) is 7.83. The fourth-order valence-corrected chi connectivity index (χ4v) is 6.83. The third kappa shape index (κ3) is 8.64. The minimum atomic E-state index is -2.37. The van der Waals surface area contributed by atoms with Crippen molar-refractivity contribution in [3.8, 4) is 22.4 Å². The number of pyridine rings is 1. The number of anilines is 2. The molecule has 4 aromatic rings. The number of halogens is 3. The van der Waals surface area contributed by atoms with E-state index in [4.69, 9.17) is 14.6 Å². The second-order valence-corrected chi connectivity index (χ2v) is 15.5. The van der Waals surface area contributed by atoms with Crippen LogP contribution >= 0.6 is 0 Å². The molecular formula is C36H43F3N6O4S. The van der Waals surface area contributed by atoms with Crippen molar-refractivity contribution < 1.29 is 31.6 Å². The molecule has 0 radical (unpaired) electrons. The molecule has 0 saturated carbocycles. The Morgan fingerprint density at radius 3 is 2.40 bits per heavy atom. The van der Waals surface area contributed by atoms with Gasteiger partial charge >= 0.3 is 6.09 Å². The van der Waals surface area contributed by atoms with E-state index in [1.54, 1.807) is 27.9 Å². The average Bonchev–Trinajstić information content (AvgIpc) is 3.49. The Morgan fingerprint density at radius 1 is 1.02 bits per heavy atom. The molecule has 5 rings (SSSR count). The Hall–Kier alpha value is -4.43. The van der Waals surface area contributed by atoms with Crippen molar-refractivity contribution in [3.05, 3.63) is 78.4 Å². The molecule has 1 saturated heterocycles. The summed E-state index contributed by atoms with van der Waals surface area (Å²) in [6, 6.07) is 10.7. The van der Waals surface area contributed by atoms with Crippen molar-refractivity contribution in [2.75, 3.05) is 36.6 Å². The number of piperidine rings is 1. The Morgan fingerprint density at radius 2 is 1.74 bits per heavy atom. The lowest BCUT2D eigenvalue weighted by molar-refractivity contribution is 0.0185. The van der Waals surface area contributed by atoms with E-state index in [1.165, 1.54) is 13.2 Å². The van der Waals surface area contributed by atoms with Gasteiger partial charge in [-0.3, -0.25) is 8.99 Å². The number of carbonyl (C=O) groups is 1. The second-order valence-electron chi connectivity index (χ2n) is 14.1. The SMILES string of the molecule is COCN(c1cccc(-c2nn(C3CCN(C(=O)OC(C)(C)C)CC3)cc2-c2ccnc(NC(C)(C)C)c2)c1F)S(=O)c1cc(F)ccc1F. The van der Waals surface area contributed by atoms with Gasteiger partial charge in [-0.15, -0.1) is 0 Å². The average molecular weight is 713 g/mol. The normalized spacial score (nSPS) is 14.8. The van der Waals surface area contributed by atoms with Crippen LogP contribution in [0.5, 0.6) is 0 Å². The highest BCUT2D eigenvalue weighted by Crippen LogP contribution is 2.39. The van der Waals surface area contributed by atoms with Crippen LogP contribution in [-0.2, 0) is 20.5 Å². The zero-order valence-corrected chi connectivity index (χ0v) is 30.1. The summed E-state index contributed by atoms with van der Waals surface area (Å²) in [6.07, 6.45) is 4.33. The summed E-state index contributed by atoms with van der Waals surface area (Å²) < 4.78 is 72.8. The molecule has 2 aromatic heterocycles. The number of hydrogen-bond acceptors (Lipinski definition) is 7. The minimum absolute atomic E-state index is 0.0994. The van der Waals surface area contributed by atoms with E-state index >= 15 is 4.39 Å². The summed E-state index contributed by atoms with van der Waals surface area (Å²) in [5.74, 6) is -1.85. The third-order valence-corrected chi connectivity index (χ3v) is 9.22. The quantitative estimate of drug-likeness (QED) is 0.176. The van der Waals surface area contributed by atoms with E-state index in [2.05, 4.69) is 10.3 Å². The predicted octanol–water partition coefficient (Wildman–Crippen LogP) is 7.94. The summed E-state index contributed by atoms with van der Waals surface area (Å²) in [5.41, 5.74) is 0.717. The van der Waals surface area contributed by atoms with Crippen LogP contribution < -0.4 is 9.62 Å². The number of nitrogens with zero attached hydrogens (tertiary/aromatic N) is 5. The van der Waals surface area contributed by atoms with Crippen LogP contribution in [0.2, 0.25) is 0 Å². The molecular weight excluding hydrogens is 669 g/mol. The molecule has 0 aliphatic carbocycles. The molecule has 10 nitrogen and oxygen atoms in total. The fourth-order valence-electron chi connectivity index (χ4n) is 5.63. The largest absolute Gasteiger partial charge is 0.444 e. The molecule has 1 N–H and O–H groups in total. The van der Waals surface area contributed by atoms with Gasteiger partial charge in [0.2, 0.25) is 0 Å². The number of amides is 1. The summed E-state index contributed by atoms with van der Waals surface area (Å²) in [7, 11) is -1.04. The van der Waals surface area contributed by atoms with Crippen molar-refractivity contribution in [2.45, 2.75) is 76.5 Å². The summed E-state index contributed by atoms with van der Waals surface area (Å²) in [5, 5.41) is 8.28. The van der Waals surface area contributed by atoms with Gasteiger partial charge in [0.15, 0.2) is 16.8 Å². The summed E-state index contributed by atoms with van der Waals surface area (Å²) >= 11 is 0. The van der Waals surface area contributed by atoms with Crippen LogP contribution in [0.1, 0.15) is 60.4 Å². The number of hydrogen-bond donors (Lipinski definition) is 1. The molecule has 1 unspecified atom stereocenters. The van der Waals surface area contributed by atoms with E-state index < -0.39 is 38.9 Å². The lowest BCUT2D eigenvalue weighted by Crippen LogP contribution is -2.42. The van der Waals surface area contributed by atoms with Gasteiger partial charge in [0.05, 0.1) is 16.6 Å². The van der Waals surface area contributed by atoms with Crippen molar-refractivity contribution in [2.24, 2.45) is 0 Å². The molecule has 1 atom stereocenters. The monoisotopic (exact) mass is 712 g/mol. The van der Waals surface area contributed by atoms with Crippen molar-refractivity contribution >= 4 is 28.6 Å². The Kier molecular flexibility index (Phi) is 10.9. The molecule has 0 bridgehead atoms. The first-order chi connectivity index (χ1) is 23.5. The maximum absolute atomic E-state index is 16.8. The maximum atomic E-state index is 16.8. The van der Waals surface area contributed by atoms with Gasteiger partial charge in [-0.25, -0.2) is 27.2 Å². The van der Waals surface area contributed by atoms with Gasteiger partial charge in [0.25, 0.3) is 0 Å². The molecule has 3 heterocycles. The van der Waals surface area contributed by atoms with E-state index in [-0.39, 0.29) is 35.7 Å². The number of nitrogens with one attached hydrogen (secondary N) is 1. The lowest BCUT2D eigenvalue weighted by atomic mass is 10.0. The van der Waals surface area contributed by atoms with Gasteiger partial charge in [-0.2, -0.15) is 5.10 Å². The Bertz CT molecular complexity index is 1870. The molecule has 1 fully saturated rings. The summed E-state index contributed by atoms with van der Waals surface area (Å²) in [4.78, 5) is 18.4. The van der Waals surface area contributed by atoms with Crippen LogP contribution in [0.25, 0.3) is 22.4 Å². The van der Waals surface area contributed by atoms with Gasteiger partial charge in [-0.1, -0.05) is 6.07 Å². The first-order valence-electron chi connectivity index (χ1n) is 16.3. The first kappa shape index (κ1) is 36.8. The first-order valence-corrected chi connectivity index (χ1v) is 17.4. The minimum Gasteiger partial charge on any atom is -0.444 e. The highest BCUT2D eigenvalue weighted by molar-refractivity contribution is 7.86. The van der Waals surface area contributed by atoms with Crippen LogP contribution in [0, 0.1) is 17.5 Å². The topological polar surface area (TPSA) is 102 Å². The predicted molar refractivity (Wildman–Crippen MR) is 187 cm³/mol. The second kappa shape index (κ2) is 14.8. The van der Waals surface area contributed by atoms with Crippen LogP contribution in [0.3, 0.4) is 0 Å². The standard InChI is InChI=1S/C36H43F3N6O4S/c1-35(2,3)41-31-19-23(13-16-40-31)27-21-44(25-14-17-43(18-15-25)34(46)49-36(4,5)6)42-33(27)26-9-8-10-29(32(26)39)45(22-48-7)50(47)30-20-24(37)11-12-28(30)38/h8-13,16,19-21,25H,14-15,17-18,22H2,1-7H3,(H,40,41). The Labute approximate surface area is 293 Å². The van der Waals surface area contributed by atoms with E-state index in [9.17, 15) is 17.8 Å². The maximum Gasteiger partial charge on any atom is 0.410 e. The zero-order valence-electron chi connectivity index (χ0n) is 29.3. The van der Waals surface area contributed by atoms with E-state index in [1.807, 2.05) is 59.9 Å². The number of methoxy groups -OCH3 is 1. The van der Waals surface area contributed by atoms with E-state index in [0.717, 1.165) is 28.1 Å². The zero-order chi connectivity index (χ0) is 36.4. The number of rotatable bonds is 9. The number of ether oxygens (including phenoxy) is 2. The van der Waals surface area contributed by atoms with Crippen molar-refractivity contribution in [1.29, 1.82) is 0 Å². The number of likely N-dealkylation sites (tertiary alicyclic amines) is 1.